The summed E-state index contributed by atoms with van der Waals surface area (Å²) < 4.78 is 5.46. The van der Waals surface area contributed by atoms with Gasteiger partial charge in [-0.05, 0) is 36.5 Å². The second-order valence-corrected chi connectivity index (χ2v) is 7.56. The predicted molar refractivity (Wildman–Crippen MR) is 112 cm³/mol. The maximum atomic E-state index is 13.3. The van der Waals surface area contributed by atoms with Crippen LogP contribution in [0.1, 0.15) is 30.9 Å². The van der Waals surface area contributed by atoms with Gasteiger partial charge in [0.2, 0.25) is 5.91 Å². The summed E-state index contributed by atoms with van der Waals surface area (Å²) in [5.74, 6) is -0.0827. The average molecular weight is 407 g/mol. The minimum absolute atomic E-state index is 0.302. The molecule has 0 spiro atoms. The molecule has 1 atom stereocenters. The molecule has 0 aliphatic carbocycles. The predicted octanol–water partition coefficient (Wildman–Crippen LogP) is 2.83. The molecule has 156 valence electrons. The summed E-state index contributed by atoms with van der Waals surface area (Å²) in [6.45, 7) is 2.06. The smallest absolute Gasteiger partial charge is 0.325 e. The van der Waals surface area contributed by atoms with E-state index in [1.807, 2.05) is 55.5 Å². The van der Waals surface area contributed by atoms with Crippen molar-refractivity contribution in [1.82, 2.24) is 10.2 Å². The first-order chi connectivity index (χ1) is 14.5. The van der Waals surface area contributed by atoms with Gasteiger partial charge in [0.15, 0.2) is 0 Å². The molecule has 2 aliphatic rings. The molecule has 0 saturated carbocycles. The fraction of sp³-hybridized carbons (Fsp3) is 0.348. The van der Waals surface area contributed by atoms with Gasteiger partial charge in [-0.1, -0.05) is 49.4 Å². The number of imide groups is 1. The quantitative estimate of drug-likeness (QED) is 0.773. The zero-order chi connectivity index (χ0) is 21.3. The number of carbonyl (C=O) groups excluding carboxylic acids is 3. The third-order valence-corrected chi connectivity index (χ3v) is 5.97. The van der Waals surface area contributed by atoms with E-state index in [2.05, 4.69) is 5.32 Å². The number of carbonyl (C=O) groups is 3. The summed E-state index contributed by atoms with van der Waals surface area (Å²) >= 11 is 0. The molecule has 2 aliphatic heterocycles. The van der Waals surface area contributed by atoms with E-state index in [9.17, 15) is 14.4 Å². The molecule has 1 unspecified atom stereocenters. The van der Waals surface area contributed by atoms with Crippen LogP contribution in [0.15, 0.2) is 48.5 Å². The molecule has 2 aromatic rings. The third-order valence-electron chi connectivity index (χ3n) is 5.97. The molecule has 4 amide bonds. The van der Waals surface area contributed by atoms with Crippen molar-refractivity contribution in [1.29, 1.82) is 0 Å². The fourth-order valence-corrected chi connectivity index (χ4v) is 4.38. The maximum Gasteiger partial charge on any atom is 0.325 e. The first-order valence-corrected chi connectivity index (χ1v) is 10.2. The van der Waals surface area contributed by atoms with Gasteiger partial charge in [0.1, 0.15) is 17.8 Å². The Morgan fingerprint density at radius 2 is 1.90 bits per heavy atom. The van der Waals surface area contributed by atoms with Gasteiger partial charge < -0.3 is 15.0 Å². The largest absolute Gasteiger partial charge is 0.495 e. The number of methoxy groups -OCH3 is 1. The molecular formula is C23H25N3O4. The van der Waals surface area contributed by atoms with Gasteiger partial charge in [0, 0.05) is 6.54 Å². The number of amides is 4. The molecule has 4 rings (SSSR count). The molecule has 7 nitrogen and oxygen atoms in total. The Hall–Kier alpha value is -3.35. The van der Waals surface area contributed by atoms with Gasteiger partial charge in [0.25, 0.3) is 5.91 Å². The molecule has 1 fully saturated rings. The Bertz CT molecular complexity index is 977. The van der Waals surface area contributed by atoms with E-state index in [4.69, 9.17) is 4.74 Å². The van der Waals surface area contributed by atoms with Crippen molar-refractivity contribution in [2.24, 2.45) is 0 Å². The van der Waals surface area contributed by atoms with Crippen molar-refractivity contribution < 1.29 is 19.1 Å². The van der Waals surface area contributed by atoms with E-state index < -0.39 is 17.5 Å². The number of rotatable bonds is 5. The lowest BCUT2D eigenvalue weighted by Gasteiger charge is -2.32. The molecule has 1 saturated heterocycles. The standard InChI is InChI=1S/C23H25N3O4/c1-3-23(17-11-5-4-6-12-17)21(28)26(22(29)24-23)15-19(27)25-14-8-10-16-9-7-13-18(30-2)20(16)25/h4-7,9,11-13H,3,8,10,14-15H2,1-2H3,(H,24,29). The van der Waals surface area contributed by atoms with Crippen molar-refractivity contribution in [3.05, 3.63) is 59.7 Å². The Labute approximate surface area is 175 Å². The minimum Gasteiger partial charge on any atom is -0.495 e. The highest BCUT2D eigenvalue weighted by atomic mass is 16.5. The zero-order valence-electron chi connectivity index (χ0n) is 17.2. The van der Waals surface area contributed by atoms with Crippen LogP contribution in [0.25, 0.3) is 0 Å². The van der Waals surface area contributed by atoms with E-state index in [0.717, 1.165) is 29.0 Å². The summed E-state index contributed by atoms with van der Waals surface area (Å²) in [5.41, 5.74) is 1.33. The van der Waals surface area contributed by atoms with Gasteiger partial charge in [-0.2, -0.15) is 0 Å². The van der Waals surface area contributed by atoms with Crippen LogP contribution < -0.4 is 15.0 Å². The third kappa shape index (κ3) is 3.10. The molecule has 0 bridgehead atoms. The van der Waals surface area contributed by atoms with Gasteiger partial charge >= 0.3 is 6.03 Å². The van der Waals surface area contributed by atoms with Crippen LogP contribution in [0.2, 0.25) is 0 Å². The summed E-state index contributed by atoms with van der Waals surface area (Å²) in [5, 5.41) is 2.83. The van der Waals surface area contributed by atoms with Crippen molar-refractivity contribution in [2.75, 3.05) is 25.1 Å². The summed E-state index contributed by atoms with van der Waals surface area (Å²) in [6, 6.07) is 14.3. The zero-order valence-corrected chi connectivity index (χ0v) is 17.2. The normalized spacial score (nSPS) is 20.7. The summed E-state index contributed by atoms with van der Waals surface area (Å²) in [7, 11) is 1.57. The SMILES string of the molecule is CCC1(c2ccccc2)NC(=O)N(CC(=O)N2CCCc3cccc(OC)c32)C1=O. The molecular weight excluding hydrogens is 382 g/mol. The Balaban J connectivity index is 1.61. The number of hydrogen-bond acceptors (Lipinski definition) is 4. The fourth-order valence-electron chi connectivity index (χ4n) is 4.38. The molecule has 2 heterocycles. The number of ether oxygens (including phenoxy) is 1. The first-order valence-electron chi connectivity index (χ1n) is 10.2. The van der Waals surface area contributed by atoms with Crippen molar-refractivity contribution in [3.63, 3.8) is 0 Å². The van der Waals surface area contributed by atoms with Crippen molar-refractivity contribution in [2.45, 2.75) is 31.7 Å². The van der Waals surface area contributed by atoms with Crippen LogP contribution in [-0.4, -0.2) is 42.9 Å². The number of nitrogens with zero attached hydrogens (tertiary/aromatic N) is 2. The van der Waals surface area contributed by atoms with Gasteiger partial charge in [-0.25, -0.2) is 4.79 Å². The van der Waals surface area contributed by atoms with Crippen LogP contribution >= 0.6 is 0 Å². The van der Waals surface area contributed by atoms with Crippen molar-refractivity contribution >= 4 is 23.5 Å². The van der Waals surface area contributed by atoms with Crippen LogP contribution in [0.5, 0.6) is 5.75 Å². The lowest BCUT2D eigenvalue weighted by Crippen LogP contribution is -2.46. The Morgan fingerprint density at radius 1 is 1.13 bits per heavy atom. The van der Waals surface area contributed by atoms with Crippen LogP contribution in [0.3, 0.4) is 0 Å². The highest BCUT2D eigenvalue weighted by Gasteiger charge is 2.51. The second-order valence-electron chi connectivity index (χ2n) is 7.56. The molecule has 0 aromatic heterocycles. The molecule has 2 aromatic carbocycles. The number of nitrogens with one attached hydrogen (secondary N) is 1. The minimum atomic E-state index is -1.14. The number of para-hydroxylation sites is 1. The Morgan fingerprint density at radius 3 is 2.60 bits per heavy atom. The van der Waals surface area contributed by atoms with E-state index in [1.165, 1.54) is 0 Å². The highest BCUT2D eigenvalue weighted by Crippen LogP contribution is 2.37. The number of aryl methyl sites for hydroxylation is 1. The van der Waals surface area contributed by atoms with Gasteiger partial charge in [-0.3, -0.25) is 14.5 Å². The number of anilines is 1. The van der Waals surface area contributed by atoms with E-state index in [1.54, 1.807) is 12.0 Å². The molecule has 7 heteroatoms. The molecule has 1 N–H and O–H groups in total. The van der Waals surface area contributed by atoms with E-state index in [0.29, 0.717) is 24.3 Å². The lowest BCUT2D eigenvalue weighted by atomic mass is 9.87. The van der Waals surface area contributed by atoms with Crippen LogP contribution in [0, 0.1) is 0 Å². The number of hydrogen-bond donors (Lipinski definition) is 1. The highest BCUT2D eigenvalue weighted by molar-refractivity contribution is 6.11. The number of benzene rings is 2. The monoisotopic (exact) mass is 407 g/mol. The summed E-state index contributed by atoms with van der Waals surface area (Å²) in [6.07, 6.45) is 2.06. The number of urea groups is 1. The lowest BCUT2D eigenvalue weighted by molar-refractivity contribution is -0.134. The van der Waals surface area contributed by atoms with E-state index in [-0.39, 0.29) is 12.5 Å². The first kappa shape index (κ1) is 19.9. The number of fused-ring (bicyclic) bond motifs is 1. The van der Waals surface area contributed by atoms with Gasteiger partial charge in [-0.15, -0.1) is 0 Å². The summed E-state index contributed by atoms with van der Waals surface area (Å²) in [4.78, 5) is 41.9. The molecule has 30 heavy (non-hydrogen) atoms. The average Bonchev–Trinajstić information content (AvgIpc) is 3.03. The van der Waals surface area contributed by atoms with E-state index >= 15 is 0 Å². The van der Waals surface area contributed by atoms with Crippen molar-refractivity contribution in [3.8, 4) is 5.75 Å². The van der Waals surface area contributed by atoms with Crippen LogP contribution in [-0.2, 0) is 21.5 Å². The second kappa shape index (κ2) is 7.82. The van der Waals surface area contributed by atoms with Gasteiger partial charge in [0.05, 0.1) is 12.8 Å². The topological polar surface area (TPSA) is 79.0 Å². The Kier molecular flexibility index (Phi) is 5.20. The molecule has 0 radical (unpaired) electrons. The maximum absolute atomic E-state index is 13.3. The van der Waals surface area contributed by atoms with Crippen LogP contribution in [0.4, 0.5) is 10.5 Å².